The molecule has 0 aliphatic carbocycles. The second-order valence-electron chi connectivity index (χ2n) is 5.14. The number of nitro benzene ring substituents is 1. The minimum Gasteiger partial charge on any atom is -0.497 e. The maximum Gasteiger partial charge on any atom is 0.319 e. The van der Waals surface area contributed by atoms with E-state index in [9.17, 15) is 14.9 Å². The van der Waals surface area contributed by atoms with Crippen LogP contribution in [-0.2, 0) is 0 Å². The molecule has 2 aromatic carbocycles. The Morgan fingerprint density at radius 3 is 2.29 bits per heavy atom. The Morgan fingerprint density at radius 1 is 1.17 bits per heavy atom. The van der Waals surface area contributed by atoms with Crippen molar-refractivity contribution in [2.75, 3.05) is 12.4 Å². The van der Waals surface area contributed by atoms with Crippen molar-refractivity contribution in [1.82, 2.24) is 5.32 Å². The Balaban J connectivity index is 1.99. The number of urea groups is 1. The van der Waals surface area contributed by atoms with E-state index in [1.54, 1.807) is 7.11 Å². The molecule has 0 saturated carbocycles. The zero-order valence-corrected chi connectivity index (χ0v) is 13.5. The highest BCUT2D eigenvalue weighted by atomic mass is 16.6. The number of benzene rings is 2. The average Bonchev–Trinajstić information content (AvgIpc) is 2.60. The number of nitro groups is 1. The minimum absolute atomic E-state index is 0.0226. The molecule has 2 N–H and O–H groups in total. The molecule has 0 aliphatic heterocycles. The van der Waals surface area contributed by atoms with Gasteiger partial charge in [0.25, 0.3) is 5.69 Å². The van der Waals surface area contributed by atoms with Crippen LogP contribution in [0.4, 0.5) is 16.2 Å². The summed E-state index contributed by atoms with van der Waals surface area (Å²) in [6.45, 7) is 1.97. The largest absolute Gasteiger partial charge is 0.497 e. The van der Waals surface area contributed by atoms with Crippen LogP contribution in [0.5, 0.6) is 5.75 Å². The van der Waals surface area contributed by atoms with Crippen molar-refractivity contribution in [3.8, 4) is 5.75 Å². The molecule has 24 heavy (non-hydrogen) atoms. The lowest BCUT2D eigenvalue weighted by atomic mass is 10.0. The van der Waals surface area contributed by atoms with Crippen molar-refractivity contribution in [2.24, 2.45) is 0 Å². The van der Waals surface area contributed by atoms with Gasteiger partial charge in [0, 0.05) is 17.8 Å². The monoisotopic (exact) mass is 329 g/mol. The second kappa shape index (κ2) is 7.96. The number of anilines is 1. The van der Waals surface area contributed by atoms with Crippen molar-refractivity contribution >= 4 is 17.4 Å². The van der Waals surface area contributed by atoms with Gasteiger partial charge in [-0.25, -0.2) is 4.79 Å². The highest BCUT2D eigenvalue weighted by molar-refractivity contribution is 5.89. The van der Waals surface area contributed by atoms with E-state index in [0.717, 1.165) is 17.7 Å². The Morgan fingerprint density at radius 2 is 1.79 bits per heavy atom. The molecule has 1 atom stereocenters. The van der Waals surface area contributed by atoms with Crippen molar-refractivity contribution in [1.29, 1.82) is 0 Å². The summed E-state index contributed by atoms with van der Waals surface area (Å²) in [7, 11) is 1.60. The van der Waals surface area contributed by atoms with Gasteiger partial charge in [0.05, 0.1) is 18.1 Å². The van der Waals surface area contributed by atoms with Gasteiger partial charge in [-0.2, -0.15) is 0 Å². The molecule has 0 aliphatic rings. The van der Waals surface area contributed by atoms with Gasteiger partial charge in [0.2, 0.25) is 0 Å². The molecule has 0 saturated heterocycles. The zero-order valence-electron chi connectivity index (χ0n) is 13.5. The smallest absolute Gasteiger partial charge is 0.319 e. The van der Waals surface area contributed by atoms with E-state index >= 15 is 0 Å². The molecular weight excluding hydrogens is 310 g/mol. The third kappa shape index (κ3) is 4.45. The van der Waals surface area contributed by atoms with E-state index in [1.807, 2.05) is 31.2 Å². The molecule has 0 aromatic heterocycles. The van der Waals surface area contributed by atoms with E-state index < -0.39 is 4.92 Å². The van der Waals surface area contributed by atoms with E-state index in [1.165, 1.54) is 24.3 Å². The van der Waals surface area contributed by atoms with Crippen LogP contribution in [0.2, 0.25) is 0 Å². The lowest BCUT2D eigenvalue weighted by Gasteiger charge is -2.18. The van der Waals surface area contributed by atoms with Crippen LogP contribution in [0.1, 0.15) is 24.9 Å². The van der Waals surface area contributed by atoms with Crippen LogP contribution in [0.15, 0.2) is 48.5 Å². The molecule has 7 nitrogen and oxygen atoms in total. The predicted octanol–water partition coefficient (Wildman–Crippen LogP) is 3.88. The Kier molecular flexibility index (Phi) is 5.73. The van der Waals surface area contributed by atoms with Crippen LogP contribution in [-0.4, -0.2) is 18.1 Å². The van der Waals surface area contributed by atoms with Gasteiger partial charge in [0.1, 0.15) is 5.75 Å². The Labute approximate surface area is 139 Å². The average molecular weight is 329 g/mol. The summed E-state index contributed by atoms with van der Waals surface area (Å²) in [5, 5.41) is 16.2. The van der Waals surface area contributed by atoms with E-state index in [2.05, 4.69) is 10.6 Å². The van der Waals surface area contributed by atoms with Crippen LogP contribution >= 0.6 is 0 Å². The lowest BCUT2D eigenvalue weighted by molar-refractivity contribution is -0.384. The number of amides is 2. The SMILES string of the molecule is CCC(NC(=O)Nc1ccc([N+](=O)[O-])cc1)c1ccc(OC)cc1. The van der Waals surface area contributed by atoms with E-state index in [4.69, 9.17) is 4.74 Å². The molecule has 2 rings (SSSR count). The fourth-order valence-corrected chi connectivity index (χ4v) is 2.25. The number of hydrogen-bond donors (Lipinski definition) is 2. The van der Waals surface area contributed by atoms with E-state index in [-0.39, 0.29) is 17.8 Å². The lowest BCUT2D eigenvalue weighted by Crippen LogP contribution is -2.32. The molecule has 0 heterocycles. The Hall–Kier alpha value is -3.09. The fourth-order valence-electron chi connectivity index (χ4n) is 2.25. The first kappa shape index (κ1) is 17.3. The van der Waals surface area contributed by atoms with Gasteiger partial charge in [-0.3, -0.25) is 10.1 Å². The van der Waals surface area contributed by atoms with Gasteiger partial charge >= 0.3 is 6.03 Å². The van der Waals surface area contributed by atoms with Crippen LogP contribution < -0.4 is 15.4 Å². The number of nitrogens with zero attached hydrogens (tertiary/aromatic N) is 1. The third-order valence-electron chi connectivity index (χ3n) is 3.57. The number of carbonyl (C=O) groups excluding carboxylic acids is 1. The normalized spacial score (nSPS) is 11.4. The first-order valence-electron chi connectivity index (χ1n) is 7.49. The van der Waals surface area contributed by atoms with Gasteiger partial charge in [-0.15, -0.1) is 0 Å². The van der Waals surface area contributed by atoms with Gasteiger partial charge in [-0.05, 0) is 36.2 Å². The molecule has 2 amide bonds. The molecular formula is C17H19N3O4. The summed E-state index contributed by atoms with van der Waals surface area (Å²) in [5.41, 5.74) is 1.44. The molecule has 0 bridgehead atoms. The summed E-state index contributed by atoms with van der Waals surface area (Å²) in [6.07, 6.45) is 0.722. The maximum absolute atomic E-state index is 12.1. The number of hydrogen-bond acceptors (Lipinski definition) is 4. The van der Waals surface area contributed by atoms with Gasteiger partial charge in [-0.1, -0.05) is 19.1 Å². The summed E-state index contributed by atoms with van der Waals surface area (Å²) in [5.74, 6) is 0.754. The summed E-state index contributed by atoms with van der Waals surface area (Å²) < 4.78 is 5.12. The van der Waals surface area contributed by atoms with Crippen LogP contribution in [0.25, 0.3) is 0 Å². The predicted molar refractivity (Wildman–Crippen MR) is 91.3 cm³/mol. The molecule has 0 spiro atoms. The quantitative estimate of drug-likeness (QED) is 0.621. The van der Waals surface area contributed by atoms with Crippen LogP contribution in [0, 0.1) is 10.1 Å². The maximum atomic E-state index is 12.1. The summed E-state index contributed by atoms with van der Waals surface area (Å²) in [4.78, 5) is 22.2. The number of nitrogens with one attached hydrogen (secondary N) is 2. The second-order valence-corrected chi connectivity index (χ2v) is 5.14. The number of carbonyl (C=O) groups is 1. The molecule has 7 heteroatoms. The number of methoxy groups -OCH3 is 1. The highest BCUT2D eigenvalue weighted by Crippen LogP contribution is 2.20. The molecule has 2 aromatic rings. The van der Waals surface area contributed by atoms with Gasteiger partial charge in [0.15, 0.2) is 0 Å². The van der Waals surface area contributed by atoms with Crippen molar-refractivity contribution in [3.05, 3.63) is 64.2 Å². The van der Waals surface area contributed by atoms with E-state index in [0.29, 0.717) is 5.69 Å². The van der Waals surface area contributed by atoms with Crippen LogP contribution in [0.3, 0.4) is 0 Å². The number of non-ortho nitro benzene ring substituents is 1. The molecule has 0 fully saturated rings. The van der Waals surface area contributed by atoms with Crippen molar-refractivity contribution < 1.29 is 14.5 Å². The summed E-state index contributed by atoms with van der Waals surface area (Å²) in [6, 6.07) is 12.6. The molecule has 0 radical (unpaired) electrons. The summed E-state index contributed by atoms with van der Waals surface area (Å²) >= 11 is 0. The molecule has 126 valence electrons. The topological polar surface area (TPSA) is 93.5 Å². The standard InChI is InChI=1S/C17H19N3O4/c1-3-16(12-4-10-15(24-2)11-5-12)19-17(21)18-13-6-8-14(9-7-13)20(22)23/h4-11,16H,3H2,1-2H3,(H2,18,19,21). The first-order valence-corrected chi connectivity index (χ1v) is 7.49. The minimum atomic E-state index is -0.485. The third-order valence-corrected chi connectivity index (χ3v) is 3.57. The number of ether oxygens (including phenoxy) is 1. The highest BCUT2D eigenvalue weighted by Gasteiger charge is 2.13. The van der Waals surface area contributed by atoms with Gasteiger partial charge < -0.3 is 15.4 Å². The first-order chi connectivity index (χ1) is 11.5. The zero-order chi connectivity index (χ0) is 17.5. The Bertz CT molecular complexity index is 699. The fraction of sp³-hybridized carbons (Fsp3) is 0.235. The van der Waals surface area contributed by atoms with Crippen molar-refractivity contribution in [3.63, 3.8) is 0 Å². The molecule has 1 unspecified atom stereocenters. The van der Waals surface area contributed by atoms with Crippen molar-refractivity contribution in [2.45, 2.75) is 19.4 Å². The number of rotatable bonds is 6.